The number of carbonyl (C=O) groups is 5. The maximum Gasteiger partial charge on any atom is 0.389 e. The Morgan fingerprint density at radius 1 is 0.400 bits per heavy atom. The second-order valence-electron chi connectivity index (χ2n) is 17.9. The van der Waals surface area contributed by atoms with Crippen LogP contribution in [-0.2, 0) is 23.8 Å². The summed E-state index contributed by atoms with van der Waals surface area (Å²) in [6.45, 7) is 0.784. The predicted octanol–water partition coefficient (Wildman–Crippen LogP) is 12.9. The van der Waals surface area contributed by atoms with E-state index in [0.717, 1.165) is 32.1 Å². The molecular weight excluding hydrogens is 1060 g/mol. The minimum Gasteiger partial charge on any atom is -0.494 e. The van der Waals surface area contributed by atoms with E-state index in [1.54, 1.807) is 54.6 Å². The number of benzene rings is 5. The molecule has 5 aromatic rings. The first-order chi connectivity index (χ1) is 38.3. The largest absolute Gasteiger partial charge is 0.494 e. The number of esters is 5. The van der Waals surface area contributed by atoms with Gasteiger partial charge in [-0.1, -0.05) is 18.2 Å². The van der Waals surface area contributed by atoms with Crippen LogP contribution >= 0.6 is 0 Å². The van der Waals surface area contributed by atoms with Gasteiger partial charge in [0.25, 0.3) is 0 Å². The van der Waals surface area contributed by atoms with Crippen LogP contribution in [0.5, 0.6) is 28.7 Å². The van der Waals surface area contributed by atoms with Crippen LogP contribution in [0.4, 0.5) is 37.7 Å². The number of rotatable bonds is 32. The Kier molecular flexibility index (Phi) is 25.3. The monoisotopic (exact) mass is 1120 g/mol. The van der Waals surface area contributed by atoms with Gasteiger partial charge in [0.2, 0.25) is 0 Å². The summed E-state index contributed by atoms with van der Waals surface area (Å²) < 4.78 is 117. The molecule has 0 radical (unpaired) electrons. The van der Waals surface area contributed by atoms with Gasteiger partial charge in [-0.3, -0.25) is 0 Å². The van der Waals surface area contributed by atoms with Gasteiger partial charge in [0.05, 0.1) is 62.0 Å². The first-order valence-electron chi connectivity index (χ1n) is 25.7. The molecule has 15 nitrogen and oxygen atoms in total. The van der Waals surface area contributed by atoms with Crippen molar-refractivity contribution in [1.82, 2.24) is 0 Å². The Morgan fingerprint density at radius 3 is 1.32 bits per heavy atom. The third-order valence-electron chi connectivity index (χ3n) is 11.4. The molecule has 0 spiro atoms. The van der Waals surface area contributed by atoms with E-state index in [4.69, 9.17) is 49.4 Å². The van der Waals surface area contributed by atoms with Gasteiger partial charge >= 0.3 is 42.2 Å². The Bertz CT molecular complexity index is 2840. The lowest BCUT2D eigenvalue weighted by Crippen LogP contribution is -2.10. The topological polar surface area (TPSA) is 211 Å². The number of nitrogens with two attached hydrogens (primary N) is 2. The number of hydrogen-bond acceptors (Lipinski definition) is 15. The van der Waals surface area contributed by atoms with Crippen molar-refractivity contribution in [3.05, 3.63) is 149 Å². The molecule has 0 aliphatic heterocycles. The van der Waals surface area contributed by atoms with Gasteiger partial charge in [-0.15, -0.1) is 0 Å². The van der Waals surface area contributed by atoms with Crippen molar-refractivity contribution in [1.29, 1.82) is 0 Å². The first-order valence-corrected chi connectivity index (χ1v) is 25.7. The summed E-state index contributed by atoms with van der Waals surface area (Å²) >= 11 is 0. The lowest BCUT2D eigenvalue weighted by atomic mass is 10.1. The first kappa shape index (κ1) is 62.4. The van der Waals surface area contributed by atoms with Gasteiger partial charge in [0.1, 0.15) is 23.0 Å². The zero-order chi connectivity index (χ0) is 57.8. The fourth-order valence-electron chi connectivity index (χ4n) is 7.17. The Balaban J connectivity index is 0.848. The minimum absolute atomic E-state index is 0.0958. The number of unbranched alkanes of at least 4 members (excludes halogenated alkanes) is 6. The maximum absolute atomic E-state index is 12.7. The second kappa shape index (κ2) is 32.4. The molecule has 0 fully saturated rings. The average Bonchev–Trinajstić information content (AvgIpc) is 3.42. The van der Waals surface area contributed by atoms with Crippen LogP contribution < -0.4 is 35.2 Å². The Labute approximate surface area is 458 Å². The SMILES string of the molecule is Nc1cc(/C=C/C(=O)OCCCCCCOc2ccc(C(=O)OCCCCCCOC(=O)/C=C/c3ccc(OC(=O)c4ccc(OCCCC(F)(F)F)cc4)cc3)c(N)c2)ccc1OC(=O)c1ccc(OCCCC(F)(F)F)cc1. The lowest BCUT2D eigenvalue weighted by Gasteiger charge is -2.10. The molecular formula is C59H62F6N2O13. The number of hydrogen-bond donors (Lipinski definition) is 2. The molecule has 21 heteroatoms. The third kappa shape index (κ3) is 24.5. The van der Waals surface area contributed by atoms with E-state index < -0.39 is 55.0 Å². The third-order valence-corrected chi connectivity index (χ3v) is 11.4. The summed E-state index contributed by atoms with van der Waals surface area (Å²) in [6, 6.07) is 27.4. The zero-order valence-corrected chi connectivity index (χ0v) is 43.7. The van der Waals surface area contributed by atoms with Gasteiger partial charge in [-0.05, 0) is 172 Å². The van der Waals surface area contributed by atoms with E-state index in [2.05, 4.69) is 0 Å². The van der Waals surface area contributed by atoms with Crippen LogP contribution in [-0.4, -0.2) is 81.8 Å². The van der Waals surface area contributed by atoms with E-state index in [1.165, 1.54) is 78.9 Å². The summed E-state index contributed by atoms with van der Waals surface area (Å²) in [4.78, 5) is 62.3. The molecule has 0 aliphatic carbocycles. The normalized spacial score (nSPS) is 11.5. The van der Waals surface area contributed by atoms with Gasteiger partial charge in [-0.2, -0.15) is 26.3 Å². The number of ether oxygens (including phenoxy) is 8. The van der Waals surface area contributed by atoms with Crippen LogP contribution in [0, 0.1) is 0 Å². The summed E-state index contributed by atoms with van der Waals surface area (Å²) in [6.07, 6.45) is 0.493. The summed E-state index contributed by atoms with van der Waals surface area (Å²) in [5.41, 5.74) is 14.4. The molecule has 0 aliphatic rings. The van der Waals surface area contributed by atoms with Crippen molar-refractivity contribution in [3.8, 4) is 28.7 Å². The summed E-state index contributed by atoms with van der Waals surface area (Å²) in [5.74, 6) is -1.46. The number of nitrogen functional groups attached to an aromatic ring is 2. The predicted molar refractivity (Wildman–Crippen MR) is 285 cm³/mol. The van der Waals surface area contributed by atoms with E-state index in [9.17, 15) is 50.3 Å². The van der Waals surface area contributed by atoms with Gasteiger partial charge in [0, 0.05) is 36.7 Å². The highest BCUT2D eigenvalue weighted by molar-refractivity contribution is 5.95. The molecule has 0 bridgehead atoms. The smallest absolute Gasteiger partial charge is 0.389 e. The van der Waals surface area contributed by atoms with Crippen molar-refractivity contribution < 1.29 is 88.2 Å². The van der Waals surface area contributed by atoms with Crippen molar-refractivity contribution in [3.63, 3.8) is 0 Å². The van der Waals surface area contributed by atoms with Crippen LogP contribution in [0.15, 0.2) is 121 Å². The fraction of sp³-hybridized carbons (Fsp3) is 0.339. The van der Waals surface area contributed by atoms with Gasteiger partial charge in [-0.25, -0.2) is 24.0 Å². The molecule has 0 saturated heterocycles. The molecule has 4 N–H and O–H groups in total. The molecule has 80 heavy (non-hydrogen) atoms. The quantitative estimate of drug-likeness (QED) is 0.00780. The highest BCUT2D eigenvalue weighted by atomic mass is 19.4. The fourth-order valence-corrected chi connectivity index (χ4v) is 7.17. The number of carbonyl (C=O) groups excluding carboxylic acids is 5. The summed E-state index contributed by atoms with van der Waals surface area (Å²) in [5, 5.41) is 0. The number of halogens is 6. The minimum atomic E-state index is -4.26. The molecule has 5 aromatic carbocycles. The van der Waals surface area contributed by atoms with Gasteiger partial charge < -0.3 is 49.4 Å². The lowest BCUT2D eigenvalue weighted by molar-refractivity contribution is -0.138. The van der Waals surface area contributed by atoms with Crippen LogP contribution in [0.2, 0.25) is 0 Å². The molecule has 0 saturated carbocycles. The van der Waals surface area contributed by atoms with Crippen LogP contribution in [0.1, 0.15) is 119 Å². The van der Waals surface area contributed by atoms with Crippen LogP contribution in [0.25, 0.3) is 12.2 Å². The number of anilines is 2. The Morgan fingerprint density at radius 2 is 0.825 bits per heavy atom. The van der Waals surface area contributed by atoms with Crippen molar-refractivity contribution in [2.45, 2.75) is 89.4 Å². The molecule has 0 unspecified atom stereocenters. The highest BCUT2D eigenvalue weighted by Crippen LogP contribution is 2.27. The molecule has 0 aromatic heterocycles. The van der Waals surface area contributed by atoms with Crippen molar-refractivity contribution >= 4 is 53.4 Å². The van der Waals surface area contributed by atoms with Crippen molar-refractivity contribution in [2.24, 2.45) is 0 Å². The highest BCUT2D eigenvalue weighted by Gasteiger charge is 2.27. The molecule has 0 atom stereocenters. The average molecular weight is 1120 g/mol. The van der Waals surface area contributed by atoms with Gasteiger partial charge in [0.15, 0.2) is 5.75 Å². The van der Waals surface area contributed by atoms with E-state index >= 15 is 0 Å². The van der Waals surface area contributed by atoms with E-state index in [-0.39, 0.29) is 85.4 Å². The maximum atomic E-state index is 12.7. The van der Waals surface area contributed by atoms with E-state index in [1.807, 2.05) is 0 Å². The number of alkyl halides is 6. The van der Waals surface area contributed by atoms with Crippen LogP contribution in [0.3, 0.4) is 0 Å². The summed E-state index contributed by atoms with van der Waals surface area (Å²) in [7, 11) is 0. The molecule has 0 heterocycles. The molecule has 5 rings (SSSR count). The van der Waals surface area contributed by atoms with Crippen molar-refractivity contribution in [2.75, 3.05) is 51.1 Å². The molecule has 0 amide bonds. The molecule has 428 valence electrons. The van der Waals surface area contributed by atoms with E-state index in [0.29, 0.717) is 54.2 Å². The Hall–Kier alpha value is -8.49. The standard InChI is InChI=1S/C59H62F6N2O13/c60-58(61,62)31-9-37-73-45-22-16-43(17-23-45)55(70)79-47-20-11-41(12-21-47)14-29-53(68)76-34-7-3-4-8-36-78-57(72)49-27-26-48(40-50(49)66)75-33-5-1-2-6-35-77-54(69)30-15-42-13-28-52(51(67)39-42)80-56(71)44-18-24-46(25-19-44)74-38-10-32-59(63,64)65/h11-30,39-40H,1-10,31-38,66-67H2/b29-14+,30-15+. The second-order valence-corrected chi connectivity index (χ2v) is 17.9. The zero-order valence-electron chi connectivity index (χ0n) is 43.7.